The summed E-state index contributed by atoms with van der Waals surface area (Å²) in [4.78, 5) is 7.99. The maximum Gasteiger partial charge on any atom is 0.417 e. The van der Waals surface area contributed by atoms with Crippen LogP contribution in [-0.2, 0) is 6.18 Å². The zero-order valence-corrected chi connectivity index (χ0v) is 12.1. The van der Waals surface area contributed by atoms with Gasteiger partial charge in [-0.2, -0.15) is 13.2 Å². The van der Waals surface area contributed by atoms with Gasteiger partial charge in [-0.25, -0.2) is 4.98 Å². The Labute approximate surface area is 126 Å². The first-order chi connectivity index (χ1) is 9.91. The van der Waals surface area contributed by atoms with Crippen molar-refractivity contribution in [2.75, 3.05) is 37.6 Å². The highest BCUT2D eigenvalue weighted by molar-refractivity contribution is 6.33. The molecule has 1 aliphatic rings. The van der Waals surface area contributed by atoms with Gasteiger partial charge >= 0.3 is 6.18 Å². The number of rotatable bonds is 3. The van der Waals surface area contributed by atoms with Gasteiger partial charge in [0.1, 0.15) is 5.82 Å². The summed E-state index contributed by atoms with van der Waals surface area (Å²) in [7, 11) is 0. The van der Waals surface area contributed by atoms with Gasteiger partial charge in [0.05, 0.1) is 10.6 Å². The minimum absolute atomic E-state index is 0.0295. The van der Waals surface area contributed by atoms with Crippen molar-refractivity contribution < 1.29 is 13.2 Å². The zero-order chi connectivity index (χ0) is 15.5. The van der Waals surface area contributed by atoms with Crippen molar-refractivity contribution in [3.8, 4) is 12.3 Å². The number of pyridine rings is 1. The first-order valence-corrected chi connectivity index (χ1v) is 6.93. The number of aromatic nitrogens is 1. The summed E-state index contributed by atoms with van der Waals surface area (Å²) >= 11 is 5.94. The predicted molar refractivity (Wildman–Crippen MR) is 76.4 cm³/mol. The molecule has 0 radical (unpaired) electrons. The van der Waals surface area contributed by atoms with Gasteiger partial charge in [0, 0.05) is 45.3 Å². The molecule has 0 N–H and O–H groups in total. The molecule has 1 aliphatic heterocycles. The minimum Gasteiger partial charge on any atom is -0.353 e. The quantitative estimate of drug-likeness (QED) is 0.799. The van der Waals surface area contributed by atoms with Gasteiger partial charge in [-0.05, 0) is 6.07 Å². The number of halogens is 4. The molecule has 2 rings (SSSR count). The van der Waals surface area contributed by atoms with Gasteiger partial charge in [0.2, 0.25) is 0 Å². The number of piperazine rings is 1. The van der Waals surface area contributed by atoms with E-state index in [1.165, 1.54) is 0 Å². The Morgan fingerprint density at radius 1 is 1.29 bits per heavy atom. The lowest BCUT2D eigenvalue weighted by Crippen LogP contribution is -2.47. The Morgan fingerprint density at radius 3 is 2.48 bits per heavy atom. The second-order valence-electron chi connectivity index (χ2n) is 4.81. The second kappa shape index (κ2) is 6.54. The number of terminal acetylenes is 1. The van der Waals surface area contributed by atoms with E-state index in [1.54, 1.807) is 0 Å². The van der Waals surface area contributed by atoms with Crippen molar-refractivity contribution >= 4 is 17.4 Å². The Hall–Kier alpha value is -1.45. The fourth-order valence-corrected chi connectivity index (χ4v) is 2.51. The van der Waals surface area contributed by atoms with E-state index in [4.69, 9.17) is 18.0 Å². The number of alkyl halides is 3. The van der Waals surface area contributed by atoms with E-state index in [-0.39, 0.29) is 5.02 Å². The largest absolute Gasteiger partial charge is 0.417 e. The van der Waals surface area contributed by atoms with Crippen LogP contribution in [0.3, 0.4) is 0 Å². The van der Waals surface area contributed by atoms with Crippen molar-refractivity contribution in [1.29, 1.82) is 0 Å². The third-order valence-electron chi connectivity index (χ3n) is 3.39. The molecule has 1 aromatic heterocycles. The summed E-state index contributed by atoms with van der Waals surface area (Å²) in [5.74, 6) is 3.00. The fraction of sp³-hybridized carbons (Fsp3) is 0.500. The van der Waals surface area contributed by atoms with E-state index in [9.17, 15) is 13.2 Å². The van der Waals surface area contributed by atoms with Crippen LogP contribution in [0.15, 0.2) is 12.3 Å². The molecule has 0 atom stereocenters. The highest BCUT2D eigenvalue weighted by Crippen LogP contribution is 2.33. The summed E-state index contributed by atoms with van der Waals surface area (Å²) in [6.45, 7) is 3.76. The summed E-state index contributed by atoms with van der Waals surface area (Å²) in [5.41, 5.74) is -0.830. The van der Waals surface area contributed by atoms with Crippen LogP contribution < -0.4 is 4.90 Å². The Kier molecular flexibility index (Phi) is 4.96. The van der Waals surface area contributed by atoms with E-state index >= 15 is 0 Å². The lowest BCUT2D eigenvalue weighted by Gasteiger charge is -2.35. The standard InChI is InChI=1S/C14H15ClF3N3/c1-2-3-4-20-5-7-21(8-6-20)13-12(15)9-11(10-19-13)14(16,17)18/h1,9-10H,3-8H2. The molecule has 0 aliphatic carbocycles. The van der Waals surface area contributed by atoms with Crippen molar-refractivity contribution in [3.05, 3.63) is 22.8 Å². The monoisotopic (exact) mass is 317 g/mol. The number of hydrogen-bond acceptors (Lipinski definition) is 3. The van der Waals surface area contributed by atoms with Crippen LogP contribution in [0.4, 0.5) is 19.0 Å². The average molecular weight is 318 g/mol. The molecule has 0 amide bonds. The van der Waals surface area contributed by atoms with Gasteiger partial charge in [-0.15, -0.1) is 12.3 Å². The summed E-state index contributed by atoms with van der Waals surface area (Å²) in [6, 6.07) is 0.925. The lowest BCUT2D eigenvalue weighted by molar-refractivity contribution is -0.137. The molecule has 0 unspecified atom stereocenters. The normalized spacial score (nSPS) is 16.8. The number of hydrogen-bond donors (Lipinski definition) is 0. The maximum atomic E-state index is 12.6. The van der Waals surface area contributed by atoms with E-state index in [0.717, 1.165) is 31.9 Å². The van der Waals surface area contributed by atoms with Gasteiger partial charge in [0.25, 0.3) is 0 Å². The molecule has 0 saturated carbocycles. The van der Waals surface area contributed by atoms with Crippen molar-refractivity contribution in [2.45, 2.75) is 12.6 Å². The van der Waals surface area contributed by atoms with Gasteiger partial charge in [-0.3, -0.25) is 4.90 Å². The van der Waals surface area contributed by atoms with Crippen LogP contribution in [0.5, 0.6) is 0 Å². The van der Waals surface area contributed by atoms with E-state index in [1.807, 2.05) is 4.90 Å². The third kappa shape index (κ3) is 4.02. The molecule has 2 heterocycles. The molecule has 1 aromatic rings. The number of anilines is 1. The molecular formula is C14H15ClF3N3. The Morgan fingerprint density at radius 2 is 1.95 bits per heavy atom. The van der Waals surface area contributed by atoms with Gasteiger partial charge in [-0.1, -0.05) is 11.6 Å². The molecule has 0 spiro atoms. The van der Waals surface area contributed by atoms with Crippen molar-refractivity contribution in [1.82, 2.24) is 9.88 Å². The van der Waals surface area contributed by atoms with Gasteiger partial charge in [0.15, 0.2) is 0 Å². The van der Waals surface area contributed by atoms with E-state index < -0.39 is 11.7 Å². The second-order valence-corrected chi connectivity index (χ2v) is 5.22. The summed E-state index contributed by atoms with van der Waals surface area (Å²) < 4.78 is 37.7. The first kappa shape index (κ1) is 15.9. The summed E-state index contributed by atoms with van der Waals surface area (Å²) in [5, 5.41) is 0.0295. The van der Waals surface area contributed by atoms with Crippen LogP contribution in [-0.4, -0.2) is 42.6 Å². The van der Waals surface area contributed by atoms with Crippen molar-refractivity contribution in [2.24, 2.45) is 0 Å². The van der Waals surface area contributed by atoms with Crippen LogP contribution in [0, 0.1) is 12.3 Å². The molecule has 1 saturated heterocycles. The van der Waals surface area contributed by atoms with Crippen LogP contribution in [0.2, 0.25) is 5.02 Å². The lowest BCUT2D eigenvalue weighted by atomic mass is 10.2. The maximum absolute atomic E-state index is 12.6. The predicted octanol–water partition coefficient (Wildman–Crippen LogP) is 2.90. The zero-order valence-electron chi connectivity index (χ0n) is 11.3. The molecule has 0 aromatic carbocycles. The molecule has 0 bridgehead atoms. The molecule has 114 valence electrons. The average Bonchev–Trinajstić information content (AvgIpc) is 2.45. The summed E-state index contributed by atoms with van der Waals surface area (Å²) in [6.07, 6.45) is 2.32. The van der Waals surface area contributed by atoms with Crippen LogP contribution in [0.1, 0.15) is 12.0 Å². The number of nitrogens with zero attached hydrogens (tertiary/aromatic N) is 3. The molecule has 3 nitrogen and oxygen atoms in total. The van der Waals surface area contributed by atoms with Crippen molar-refractivity contribution in [3.63, 3.8) is 0 Å². The SMILES string of the molecule is C#CCCN1CCN(c2ncc(C(F)(F)F)cc2Cl)CC1. The Balaban J connectivity index is 2.02. The Bertz CT molecular complexity index is 531. The molecule has 1 fully saturated rings. The molecule has 21 heavy (non-hydrogen) atoms. The van der Waals surface area contributed by atoms with E-state index in [0.29, 0.717) is 25.3 Å². The first-order valence-electron chi connectivity index (χ1n) is 6.55. The van der Waals surface area contributed by atoms with Gasteiger partial charge < -0.3 is 4.90 Å². The topological polar surface area (TPSA) is 19.4 Å². The van der Waals surface area contributed by atoms with Crippen LogP contribution >= 0.6 is 11.6 Å². The highest BCUT2D eigenvalue weighted by atomic mass is 35.5. The highest BCUT2D eigenvalue weighted by Gasteiger charge is 2.32. The third-order valence-corrected chi connectivity index (χ3v) is 3.67. The minimum atomic E-state index is -4.43. The molecular weight excluding hydrogens is 303 g/mol. The molecule has 7 heteroatoms. The van der Waals surface area contributed by atoms with E-state index in [2.05, 4.69) is 15.8 Å². The smallest absolute Gasteiger partial charge is 0.353 e. The fourth-order valence-electron chi connectivity index (χ4n) is 2.22. The van der Waals surface area contributed by atoms with Crippen LogP contribution in [0.25, 0.3) is 0 Å².